The summed E-state index contributed by atoms with van der Waals surface area (Å²) in [6.07, 6.45) is 6.59. The largest absolute Gasteiger partial charge is 0.328 e. The van der Waals surface area contributed by atoms with Gasteiger partial charge in [0.2, 0.25) is 0 Å². The molecule has 1 fully saturated rings. The van der Waals surface area contributed by atoms with Crippen molar-refractivity contribution < 1.29 is 0 Å². The average Bonchev–Trinajstić information content (AvgIpc) is 2.05. The first-order valence-electron chi connectivity index (χ1n) is 4.99. The van der Waals surface area contributed by atoms with Crippen LogP contribution in [0, 0.1) is 11.8 Å². The van der Waals surface area contributed by atoms with Crippen molar-refractivity contribution in [2.45, 2.75) is 52.0 Å². The Balaban J connectivity index is 2.27. The molecule has 11 heavy (non-hydrogen) atoms. The van der Waals surface area contributed by atoms with Gasteiger partial charge in [0.25, 0.3) is 0 Å². The Morgan fingerprint density at radius 3 is 2.27 bits per heavy atom. The Labute approximate surface area is 70.4 Å². The predicted octanol–water partition coefficient (Wildman–Crippen LogP) is 2.55. The van der Waals surface area contributed by atoms with Crippen LogP contribution in [-0.2, 0) is 0 Å². The summed E-state index contributed by atoms with van der Waals surface area (Å²) in [5, 5.41) is 0. The van der Waals surface area contributed by atoms with Crippen LogP contribution in [0.2, 0.25) is 0 Å². The van der Waals surface area contributed by atoms with Crippen LogP contribution < -0.4 is 5.73 Å². The van der Waals surface area contributed by atoms with Gasteiger partial charge in [-0.3, -0.25) is 0 Å². The molecule has 2 N–H and O–H groups in total. The highest BCUT2D eigenvalue weighted by atomic mass is 14.6. The first-order valence-corrected chi connectivity index (χ1v) is 4.99. The first-order chi connectivity index (χ1) is 5.24. The van der Waals surface area contributed by atoms with Gasteiger partial charge in [0.05, 0.1) is 0 Å². The summed E-state index contributed by atoms with van der Waals surface area (Å²) in [6.45, 7) is 4.67. The zero-order chi connectivity index (χ0) is 8.27. The molecule has 66 valence electrons. The summed E-state index contributed by atoms with van der Waals surface area (Å²) >= 11 is 0. The summed E-state index contributed by atoms with van der Waals surface area (Å²) in [4.78, 5) is 0. The van der Waals surface area contributed by atoms with Crippen molar-refractivity contribution >= 4 is 0 Å². The van der Waals surface area contributed by atoms with E-state index in [1.807, 2.05) is 0 Å². The molecule has 0 unspecified atom stereocenters. The molecule has 0 aromatic heterocycles. The molecular formula is C10H21N. The third kappa shape index (κ3) is 2.48. The van der Waals surface area contributed by atoms with Gasteiger partial charge in [-0.25, -0.2) is 0 Å². The van der Waals surface area contributed by atoms with Gasteiger partial charge in [-0.2, -0.15) is 0 Å². The smallest absolute Gasteiger partial charge is 0.00390 e. The normalized spacial score (nSPS) is 35.2. The van der Waals surface area contributed by atoms with Crippen LogP contribution in [0.25, 0.3) is 0 Å². The summed E-state index contributed by atoms with van der Waals surface area (Å²) in [5.41, 5.74) is 5.84. The van der Waals surface area contributed by atoms with Crippen LogP contribution in [0.5, 0.6) is 0 Å². The van der Waals surface area contributed by atoms with Crippen LogP contribution in [0.3, 0.4) is 0 Å². The maximum atomic E-state index is 5.84. The molecule has 1 aliphatic rings. The molecule has 1 aliphatic carbocycles. The van der Waals surface area contributed by atoms with Crippen molar-refractivity contribution in [2.75, 3.05) is 0 Å². The number of nitrogens with two attached hydrogens (primary N) is 1. The number of hydrogen-bond acceptors (Lipinski definition) is 1. The lowest BCUT2D eigenvalue weighted by Crippen LogP contribution is -2.28. The van der Waals surface area contributed by atoms with E-state index in [-0.39, 0.29) is 0 Å². The second-order valence-corrected chi connectivity index (χ2v) is 4.06. The van der Waals surface area contributed by atoms with Gasteiger partial charge in [0, 0.05) is 6.04 Å². The lowest BCUT2D eigenvalue weighted by Gasteiger charge is -2.29. The Morgan fingerprint density at radius 1 is 1.27 bits per heavy atom. The lowest BCUT2D eigenvalue weighted by molar-refractivity contribution is 0.241. The second kappa shape index (κ2) is 4.10. The zero-order valence-corrected chi connectivity index (χ0v) is 7.84. The maximum absolute atomic E-state index is 5.84. The second-order valence-electron chi connectivity index (χ2n) is 4.06. The van der Waals surface area contributed by atoms with E-state index in [0.29, 0.717) is 6.04 Å². The van der Waals surface area contributed by atoms with E-state index in [1.54, 1.807) is 0 Å². The Bertz CT molecular complexity index is 103. The molecule has 1 saturated carbocycles. The number of hydrogen-bond donors (Lipinski definition) is 1. The minimum absolute atomic E-state index is 0.510. The molecule has 0 aromatic rings. The summed E-state index contributed by atoms with van der Waals surface area (Å²) in [5.74, 6) is 1.89. The minimum Gasteiger partial charge on any atom is -0.328 e. The van der Waals surface area contributed by atoms with E-state index in [1.165, 1.54) is 32.1 Å². The molecule has 0 bridgehead atoms. The van der Waals surface area contributed by atoms with Gasteiger partial charge < -0.3 is 5.73 Å². The van der Waals surface area contributed by atoms with Gasteiger partial charge in [0.15, 0.2) is 0 Å². The van der Waals surface area contributed by atoms with E-state index in [2.05, 4.69) is 13.8 Å². The quantitative estimate of drug-likeness (QED) is 0.651. The van der Waals surface area contributed by atoms with Gasteiger partial charge >= 0.3 is 0 Å². The van der Waals surface area contributed by atoms with E-state index >= 15 is 0 Å². The van der Waals surface area contributed by atoms with Crippen LogP contribution in [0.1, 0.15) is 46.0 Å². The standard InChI is InChI=1S/C10H21N/c1-3-8(2)9-4-6-10(11)7-5-9/h8-10H,3-7,11H2,1-2H3/t8-,9?,10?/m0/s1. The Kier molecular flexibility index (Phi) is 3.38. The zero-order valence-electron chi connectivity index (χ0n) is 7.84. The van der Waals surface area contributed by atoms with Crippen LogP contribution in [-0.4, -0.2) is 6.04 Å². The van der Waals surface area contributed by atoms with E-state index in [0.717, 1.165) is 11.8 Å². The predicted molar refractivity (Wildman–Crippen MR) is 49.4 cm³/mol. The molecule has 0 heterocycles. The molecule has 1 rings (SSSR count). The van der Waals surface area contributed by atoms with Gasteiger partial charge in [-0.1, -0.05) is 20.3 Å². The molecule has 0 aliphatic heterocycles. The highest BCUT2D eigenvalue weighted by Crippen LogP contribution is 2.30. The van der Waals surface area contributed by atoms with Crippen LogP contribution in [0.15, 0.2) is 0 Å². The van der Waals surface area contributed by atoms with Crippen LogP contribution in [0.4, 0.5) is 0 Å². The highest BCUT2D eigenvalue weighted by Gasteiger charge is 2.21. The average molecular weight is 155 g/mol. The summed E-state index contributed by atoms with van der Waals surface area (Å²) in [6, 6.07) is 0.510. The molecule has 1 nitrogen and oxygen atoms in total. The molecule has 0 amide bonds. The third-order valence-corrected chi connectivity index (χ3v) is 3.27. The van der Waals surface area contributed by atoms with Crippen LogP contribution >= 0.6 is 0 Å². The SMILES string of the molecule is CC[C@H](C)C1CCC(N)CC1. The molecule has 0 radical (unpaired) electrons. The van der Waals surface area contributed by atoms with E-state index in [4.69, 9.17) is 5.73 Å². The molecule has 0 spiro atoms. The van der Waals surface area contributed by atoms with Crippen molar-refractivity contribution in [3.63, 3.8) is 0 Å². The van der Waals surface area contributed by atoms with Gasteiger partial charge in [-0.05, 0) is 37.5 Å². The van der Waals surface area contributed by atoms with Crippen molar-refractivity contribution in [1.29, 1.82) is 0 Å². The van der Waals surface area contributed by atoms with Gasteiger partial charge in [-0.15, -0.1) is 0 Å². The number of rotatable bonds is 2. The summed E-state index contributed by atoms with van der Waals surface area (Å²) < 4.78 is 0. The molecule has 0 aromatic carbocycles. The van der Waals surface area contributed by atoms with Crippen molar-refractivity contribution in [2.24, 2.45) is 17.6 Å². The molecule has 0 saturated heterocycles. The molecular weight excluding hydrogens is 134 g/mol. The van der Waals surface area contributed by atoms with E-state index in [9.17, 15) is 0 Å². The fourth-order valence-corrected chi connectivity index (χ4v) is 2.05. The monoisotopic (exact) mass is 155 g/mol. The fraction of sp³-hybridized carbons (Fsp3) is 1.00. The Morgan fingerprint density at radius 2 is 1.82 bits per heavy atom. The minimum atomic E-state index is 0.510. The Hall–Kier alpha value is -0.0400. The van der Waals surface area contributed by atoms with E-state index < -0.39 is 0 Å². The summed E-state index contributed by atoms with van der Waals surface area (Å²) in [7, 11) is 0. The molecule has 1 atom stereocenters. The first kappa shape index (κ1) is 9.05. The van der Waals surface area contributed by atoms with Crippen molar-refractivity contribution in [3.8, 4) is 0 Å². The van der Waals surface area contributed by atoms with Gasteiger partial charge in [0.1, 0.15) is 0 Å². The topological polar surface area (TPSA) is 26.0 Å². The molecule has 1 heteroatoms. The maximum Gasteiger partial charge on any atom is 0.00390 e. The third-order valence-electron chi connectivity index (χ3n) is 3.27. The lowest BCUT2D eigenvalue weighted by atomic mass is 9.78. The highest BCUT2D eigenvalue weighted by molar-refractivity contribution is 4.76. The fourth-order valence-electron chi connectivity index (χ4n) is 2.05. The van der Waals surface area contributed by atoms with Crippen molar-refractivity contribution in [3.05, 3.63) is 0 Å². The van der Waals surface area contributed by atoms with Crippen molar-refractivity contribution in [1.82, 2.24) is 0 Å².